The Morgan fingerprint density at radius 1 is 1.10 bits per heavy atom. The van der Waals surface area contributed by atoms with Crippen molar-refractivity contribution in [3.63, 3.8) is 0 Å². The second-order valence-electron chi connectivity index (χ2n) is 8.33. The van der Waals surface area contributed by atoms with Crippen LogP contribution in [0.1, 0.15) is 49.4 Å². The molecule has 4 rings (SSSR count). The Bertz CT molecular complexity index is 1020. The highest BCUT2D eigenvalue weighted by Crippen LogP contribution is 2.53. The van der Waals surface area contributed by atoms with Gasteiger partial charge < -0.3 is 24.1 Å². The normalized spacial score (nSPS) is 19.9. The average molecular weight is 398 g/mol. The number of hydrogen-bond acceptors (Lipinski definition) is 7. The molecule has 0 saturated carbocycles. The molecule has 0 fully saturated rings. The van der Waals surface area contributed by atoms with Crippen LogP contribution in [0.4, 0.5) is 5.88 Å². The Morgan fingerprint density at radius 3 is 2.48 bits per heavy atom. The maximum Gasteiger partial charge on any atom is 0.233 e. The number of fused-ring (bicyclic) bond motifs is 1. The van der Waals surface area contributed by atoms with Crippen LogP contribution in [0.15, 0.2) is 27.9 Å². The third-order valence-electron chi connectivity index (χ3n) is 5.72. The van der Waals surface area contributed by atoms with E-state index in [2.05, 4.69) is 24.3 Å². The Balaban J connectivity index is 2.00. The summed E-state index contributed by atoms with van der Waals surface area (Å²) >= 11 is 0. The lowest BCUT2D eigenvalue weighted by atomic mass is 9.69. The molecule has 1 N–H and O–H groups in total. The van der Waals surface area contributed by atoms with Crippen LogP contribution < -0.4 is 19.5 Å². The molecule has 0 saturated heterocycles. The zero-order valence-electron chi connectivity index (χ0n) is 17.6. The van der Waals surface area contributed by atoms with Crippen molar-refractivity contribution >= 4 is 11.7 Å². The molecule has 0 bridgehead atoms. The minimum atomic E-state index is -0.356. The number of allylic oxidation sites excluding steroid dienone is 2. The smallest absolute Gasteiger partial charge is 0.233 e. The van der Waals surface area contributed by atoms with Crippen LogP contribution in [0.5, 0.6) is 17.2 Å². The van der Waals surface area contributed by atoms with Gasteiger partial charge in [0.15, 0.2) is 17.3 Å². The zero-order valence-corrected chi connectivity index (χ0v) is 17.6. The Labute approximate surface area is 170 Å². The van der Waals surface area contributed by atoms with Crippen LogP contribution in [-0.2, 0) is 4.79 Å². The molecule has 2 aromatic rings. The first-order valence-corrected chi connectivity index (χ1v) is 9.59. The average Bonchev–Trinajstić information content (AvgIpc) is 3.04. The van der Waals surface area contributed by atoms with Gasteiger partial charge in [-0.15, -0.1) is 0 Å². The predicted octanol–water partition coefficient (Wildman–Crippen LogP) is 4.21. The monoisotopic (exact) mass is 398 g/mol. The predicted molar refractivity (Wildman–Crippen MR) is 108 cm³/mol. The molecule has 2 aliphatic rings. The Morgan fingerprint density at radius 2 is 1.83 bits per heavy atom. The standard InChI is InChI=1S/C22H26N2O5/c1-11-16-17(12-7-8-15(26-4)20(28-6)19(12)27-5)18-13(23-21(16)29-24-11)9-22(2,3)10-14(18)25/h7-8,17,23H,9-10H2,1-6H3/t17-/m0/s1. The summed E-state index contributed by atoms with van der Waals surface area (Å²) in [5, 5.41) is 7.48. The highest BCUT2D eigenvalue weighted by molar-refractivity contribution is 6.01. The quantitative estimate of drug-likeness (QED) is 0.826. The molecule has 0 radical (unpaired) electrons. The molecule has 0 unspecified atom stereocenters. The molecule has 1 aromatic heterocycles. The number of carbonyl (C=O) groups is 1. The summed E-state index contributed by atoms with van der Waals surface area (Å²) in [7, 11) is 4.74. The second-order valence-corrected chi connectivity index (χ2v) is 8.33. The highest BCUT2D eigenvalue weighted by atomic mass is 16.5. The number of aryl methyl sites for hydroxylation is 1. The van der Waals surface area contributed by atoms with Crippen molar-refractivity contribution < 1.29 is 23.5 Å². The summed E-state index contributed by atoms with van der Waals surface area (Å²) in [6.45, 7) is 6.08. The van der Waals surface area contributed by atoms with E-state index in [1.54, 1.807) is 21.3 Å². The SMILES string of the molecule is COc1ccc([C@@H]2C3=C(CC(C)(C)CC3=O)Nc3onc(C)c32)c(OC)c1OC. The van der Waals surface area contributed by atoms with E-state index in [4.69, 9.17) is 18.7 Å². The number of nitrogens with one attached hydrogen (secondary N) is 1. The molecule has 1 aliphatic carbocycles. The fourth-order valence-corrected chi connectivity index (χ4v) is 4.53. The molecule has 1 aromatic carbocycles. The first kappa shape index (κ1) is 19.4. The molecular weight excluding hydrogens is 372 g/mol. The van der Waals surface area contributed by atoms with Gasteiger partial charge in [-0.05, 0) is 24.8 Å². The molecule has 2 heterocycles. The van der Waals surface area contributed by atoms with E-state index >= 15 is 0 Å². The van der Waals surface area contributed by atoms with Gasteiger partial charge in [0, 0.05) is 23.3 Å². The molecule has 0 amide bonds. The lowest BCUT2D eigenvalue weighted by Crippen LogP contribution is -2.33. The van der Waals surface area contributed by atoms with Gasteiger partial charge >= 0.3 is 0 Å². The molecule has 29 heavy (non-hydrogen) atoms. The van der Waals surface area contributed by atoms with Crippen LogP contribution in [0.25, 0.3) is 0 Å². The highest BCUT2D eigenvalue weighted by Gasteiger charge is 2.44. The van der Waals surface area contributed by atoms with Gasteiger partial charge in [-0.3, -0.25) is 4.79 Å². The number of aromatic nitrogens is 1. The van der Waals surface area contributed by atoms with Gasteiger partial charge in [0.05, 0.1) is 38.5 Å². The van der Waals surface area contributed by atoms with Crippen molar-refractivity contribution in [1.82, 2.24) is 5.16 Å². The third kappa shape index (κ3) is 2.96. The minimum absolute atomic E-state index is 0.122. The van der Waals surface area contributed by atoms with Crippen LogP contribution in [-0.4, -0.2) is 32.3 Å². The van der Waals surface area contributed by atoms with Gasteiger partial charge in [-0.2, -0.15) is 0 Å². The van der Waals surface area contributed by atoms with Gasteiger partial charge in [0.2, 0.25) is 11.6 Å². The first-order valence-electron chi connectivity index (χ1n) is 9.59. The molecule has 7 nitrogen and oxygen atoms in total. The van der Waals surface area contributed by atoms with Crippen molar-refractivity contribution in [2.75, 3.05) is 26.6 Å². The molecule has 154 valence electrons. The van der Waals surface area contributed by atoms with Crippen molar-refractivity contribution in [2.45, 2.75) is 39.5 Å². The Kier molecular flexibility index (Phi) is 4.56. The number of ketones is 1. The van der Waals surface area contributed by atoms with Gasteiger partial charge in [-0.1, -0.05) is 25.1 Å². The minimum Gasteiger partial charge on any atom is -0.493 e. The molecule has 1 aliphatic heterocycles. The Hall–Kier alpha value is -2.96. The van der Waals surface area contributed by atoms with E-state index in [0.717, 1.165) is 34.5 Å². The third-order valence-corrected chi connectivity index (χ3v) is 5.72. The number of benzene rings is 1. The maximum atomic E-state index is 13.3. The second kappa shape index (κ2) is 6.83. The lowest BCUT2D eigenvalue weighted by Gasteiger charge is -2.38. The van der Waals surface area contributed by atoms with Crippen LogP contribution in [0, 0.1) is 12.3 Å². The van der Waals surface area contributed by atoms with Crippen LogP contribution in [0.2, 0.25) is 0 Å². The molecule has 1 atom stereocenters. The topological polar surface area (TPSA) is 82.8 Å². The largest absolute Gasteiger partial charge is 0.493 e. The fraction of sp³-hybridized carbons (Fsp3) is 0.455. The summed E-state index contributed by atoms with van der Waals surface area (Å²) in [6, 6.07) is 3.75. The zero-order chi connectivity index (χ0) is 20.9. The molecule has 0 spiro atoms. The number of nitrogens with zero attached hydrogens (tertiary/aromatic N) is 1. The number of hydrogen-bond donors (Lipinski definition) is 1. The van der Waals surface area contributed by atoms with Crippen LogP contribution in [0.3, 0.4) is 0 Å². The van der Waals surface area contributed by atoms with E-state index < -0.39 is 0 Å². The fourth-order valence-electron chi connectivity index (χ4n) is 4.53. The van der Waals surface area contributed by atoms with Gasteiger partial charge in [0.25, 0.3) is 0 Å². The molecule has 7 heteroatoms. The summed E-state index contributed by atoms with van der Waals surface area (Å²) in [5.41, 5.74) is 3.91. The van der Waals surface area contributed by atoms with E-state index in [1.165, 1.54) is 0 Å². The van der Waals surface area contributed by atoms with Crippen LogP contribution >= 0.6 is 0 Å². The summed E-state index contributed by atoms with van der Waals surface area (Å²) in [5.74, 6) is 1.94. The number of rotatable bonds is 4. The number of ether oxygens (including phenoxy) is 3. The first-order chi connectivity index (χ1) is 13.8. The summed E-state index contributed by atoms with van der Waals surface area (Å²) in [4.78, 5) is 13.3. The molecular formula is C22H26N2O5. The van der Waals surface area contributed by atoms with E-state index in [9.17, 15) is 4.79 Å². The van der Waals surface area contributed by atoms with E-state index in [1.807, 2.05) is 19.1 Å². The van der Waals surface area contributed by atoms with Gasteiger partial charge in [-0.25, -0.2) is 0 Å². The van der Waals surface area contributed by atoms with E-state index in [-0.39, 0.29) is 17.1 Å². The van der Waals surface area contributed by atoms with Gasteiger partial charge in [0.1, 0.15) is 0 Å². The number of methoxy groups -OCH3 is 3. The van der Waals surface area contributed by atoms with E-state index in [0.29, 0.717) is 29.6 Å². The number of Topliss-reactive ketones (excluding diaryl/α,β-unsaturated/α-hetero) is 1. The van der Waals surface area contributed by atoms with Crippen molar-refractivity contribution in [3.05, 3.63) is 40.2 Å². The summed E-state index contributed by atoms with van der Waals surface area (Å²) < 4.78 is 22.3. The van der Waals surface area contributed by atoms with Crippen molar-refractivity contribution in [1.29, 1.82) is 0 Å². The lowest BCUT2D eigenvalue weighted by molar-refractivity contribution is -0.118. The number of carbonyl (C=O) groups excluding carboxylic acids is 1. The number of anilines is 1. The summed E-state index contributed by atoms with van der Waals surface area (Å²) in [6.07, 6.45) is 1.23. The van der Waals surface area contributed by atoms with Crippen molar-refractivity contribution in [2.24, 2.45) is 5.41 Å². The van der Waals surface area contributed by atoms with Crippen molar-refractivity contribution in [3.8, 4) is 17.2 Å². The maximum absolute atomic E-state index is 13.3.